The summed E-state index contributed by atoms with van der Waals surface area (Å²) in [5.74, 6) is 0.377. The zero-order chi connectivity index (χ0) is 18.5. The lowest BCUT2D eigenvalue weighted by Gasteiger charge is -2.13. The van der Waals surface area contributed by atoms with Crippen LogP contribution in [0.3, 0.4) is 0 Å². The molecule has 1 saturated heterocycles. The molecule has 0 bridgehead atoms. The summed E-state index contributed by atoms with van der Waals surface area (Å²) in [4.78, 5) is 27.0. The number of nitrogens with zero attached hydrogens (tertiary/aromatic N) is 1. The standard InChI is InChI=1S/C19H20N2O4S/c1-2-12-5-8-15(20-10-12)16(22)11-25-14-6-3-13(4-7-14)9-17-18(23)21-19(24)26-17/h3-8,10,16-17,22H,2,9,11H2,1H3,(H,21,23,24)/t16-,17?/m0/s1. The van der Waals surface area contributed by atoms with E-state index in [0.29, 0.717) is 17.9 Å². The number of carbonyl (C=O) groups excluding carboxylic acids is 2. The number of aliphatic hydroxyl groups excluding tert-OH is 1. The molecule has 2 heterocycles. The first-order valence-electron chi connectivity index (χ1n) is 8.41. The number of hydrogen-bond donors (Lipinski definition) is 2. The lowest BCUT2D eigenvalue weighted by Crippen LogP contribution is -2.25. The molecule has 0 radical (unpaired) electrons. The quantitative estimate of drug-likeness (QED) is 0.777. The van der Waals surface area contributed by atoms with Gasteiger partial charge in [0.1, 0.15) is 18.5 Å². The summed E-state index contributed by atoms with van der Waals surface area (Å²) in [5.41, 5.74) is 2.64. The maximum absolute atomic E-state index is 11.6. The third-order valence-corrected chi connectivity index (χ3v) is 5.10. The number of pyridine rings is 1. The molecular formula is C19H20N2O4S. The van der Waals surface area contributed by atoms with E-state index in [0.717, 1.165) is 29.3 Å². The summed E-state index contributed by atoms with van der Waals surface area (Å²) in [5, 5.41) is 11.8. The molecule has 136 valence electrons. The molecule has 0 spiro atoms. The minimum Gasteiger partial charge on any atom is -0.490 e. The van der Waals surface area contributed by atoms with Crippen molar-refractivity contribution in [3.63, 3.8) is 0 Å². The Labute approximate surface area is 156 Å². The molecule has 1 unspecified atom stereocenters. The zero-order valence-electron chi connectivity index (χ0n) is 14.3. The molecule has 1 aromatic carbocycles. The minimum absolute atomic E-state index is 0.104. The van der Waals surface area contributed by atoms with Gasteiger partial charge in [0.15, 0.2) is 0 Å². The Hall–Kier alpha value is -2.38. The van der Waals surface area contributed by atoms with Crippen LogP contribution in [0.1, 0.15) is 29.8 Å². The number of imide groups is 1. The van der Waals surface area contributed by atoms with E-state index in [4.69, 9.17) is 4.74 Å². The first-order valence-corrected chi connectivity index (χ1v) is 9.29. The number of amides is 2. The van der Waals surface area contributed by atoms with Gasteiger partial charge in [-0.25, -0.2) is 0 Å². The highest BCUT2D eigenvalue weighted by atomic mass is 32.2. The molecule has 1 aliphatic rings. The molecule has 2 amide bonds. The van der Waals surface area contributed by atoms with Gasteiger partial charge in [-0.05, 0) is 42.2 Å². The van der Waals surface area contributed by atoms with Crippen LogP contribution in [0.15, 0.2) is 42.6 Å². The van der Waals surface area contributed by atoms with Crippen LogP contribution in [0.25, 0.3) is 0 Å². The molecule has 2 N–H and O–H groups in total. The molecule has 3 rings (SSSR count). The van der Waals surface area contributed by atoms with Gasteiger partial charge in [0, 0.05) is 6.20 Å². The van der Waals surface area contributed by atoms with E-state index in [1.807, 2.05) is 24.3 Å². The van der Waals surface area contributed by atoms with Crippen LogP contribution in [-0.4, -0.2) is 33.1 Å². The van der Waals surface area contributed by atoms with Gasteiger partial charge in [-0.1, -0.05) is 36.9 Å². The summed E-state index contributed by atoms with van der Waals surface area (Å²) < 4.78 is 5.61. The number of benzene rings is 1. The molecule has 26 heavy (non-hydrogen) atoms. The zero-order valence-corrected chi connectivity index (χ0v) is 15.2. The molecule has 7 heteroatoms. The topological polar surface area (TPSA) is 88.5 Å². The van der Waals surface area contributed by atoms with Crippen LogP contribution in [0, 0.1) is 0 Å². The summed E-state index contributed by atoms with van der Waals surface area (Å²) in [6.07, 6.45) is 2.35. The number of rotatable bonds is 7. The molecule has 1 aliphatic heterocycles. The van der Waals surface area contributed by atoms with Crippen molar-refractivity contribution in [3.8, 4) is 5.75 Å². The monoisotopic (exact) mass is 372 g/mol. The van der Waals surface area contributed by atoms with Gasteiger partial charge in [0.2, 0.25) is 5.91 Å². The van der Waals surface area contributed by atoms with Crippen molar-refractivity contribution < 1.29 is 19.4 Å². The number of aromatic nitrogens is 1. The predicted molar refractivity (Wildman–Crippen MR) is 99.1 cm³/mol. The summed E-state index contributed by atoms with van der Waals surface area (Å²) in [6, 6.07) is 11.0. The van der Waals surface area contributed by atoms with Crippen molar-refractivity contribution in [1.82, 2.24) is 10.3 Å². The van der Waals surface area contributed by atoms with Gasteiger partial charge in [-0.2, -0.15) is 0 Å². The second-order valence-corrected chi connectivity index (χ2v) is 7.18. The normalized spacial score (nSPS) is 17.8. The molecule has 2 aromatic rings. The van der Waals surface area contributed by atoms with Gasteiger partial charge in [0.05, 0.1) is 10.9 Å². The summed E-state index contributed by atoms with van der Waals surface area (Å²) in [7, 11) is 0. The Morgan fingerprint density at radius 2 is 1.92 bits per heavy atom. The maximum Gasteiger partial charge on any atom is 0.286 e. The highest BCUT2D eigenvalue weighted by molar-refractivity contribution is 8.15. The molecule has 6 nitrogen and oxygen atoms in total. The van der Waals surface area contributed by atoms with E-state index in [9.17, 15) is 14.7 Å². The SMILES string of the molecule is CCc1ccc([C@@H](O)COc2ccc(CC3SC(=O)NC3=O)cc2)nc1. The lowest BCUT2D eigenvalue weighted by atomic mass is 10.1. The fourth-order valence-corrected chi connectivity index (χ4v) is 3.43. The Balaban J connectivity index is 1.52. The average Bonchev–Trinajstić information content (AvgIpc) is 2.98. The lowest BCUT2D eigenvalue weighted by molar-refractivity contribution is -0.118. The predicted octanol–water partition coefficient (Wildman–Crippen LogP) is 2.65. The Morgan fingerprint density at radius 1 is 1.19 bits per heavy atom. The Bertz CT molecular complexity index is 777. The number of aliphatic hydroxyl groups is 1. The number of nitrogens with one attached hydrogen (secondary N) is 1. The molecule has 0 aliphatic carbocycles. The fraction of sp³-hybridized carbons (Fsp3) is 0.316. The first kappa shape index (κ1) is 18.4. The Morgan fingerprint density at radius 3 is 2.50 bits per heavy atom. The van der Waals surface area contributed by atoms with Crippen molar-refractivity contribution in [3.05, 3.63) is 59.4 Å². The van der Waals surface area contributed by atoms with Gasteiger partial charge in [0.25, 0.3) is 5.24 Å². The fourth-order valence-electron chi connectivity index (χ4n) is 2.57. The van der Waals surface area contributed by atoms with E-state index in [2.05, 4.69) is 17.2 Å². The van der Waals surface area contributed by atoms with Crippen LogP contribution in [-0.2, 0) is 17.6 Å². The minimum atomic E-state index is -0.801. The van der Waals surface area contributed by atoms with Gasteiger partial charge < -0.3 is 9.84 Å². The number of thioether (sulfide) groups is 1. The van der Waals surface area contributed by atoms with Crippen molar-refractivity contribution in [1.29, 1.82) is 0 Å². The number of aryl methyl sites for hydroxylation is 1. The molecular weight excluding hydrogens is 352 g/mol. The van der Waals surface area contributed by atoms with Crippen molar-refractivity contribution in [2.24, 2.45) is 0 Å². The van der Waals surface area contributed by atoms with Crippen LogP contribution < -0.4 is 10.1 Å². The molecule has 1 aromatic heterocycles. The smallest absolute Gasteiger partial charge is 0.286 e. The second-order valence-electron chi connectivity index (χ2n) is 6.00. The summed E-state index contributed by atoms with van der Waals surface area (Å²) in [6.45, 7) is 2.16. The first-order chi connectivity index (χ1) is 12.5. The molecule has 1 fully saturated rings. The molecule has 0 saturated carbocycles. The Kier molecular flexibility index (Phi) is 5.90. The maximum atomic E-state index is 11.6. The van der Waals surface area contributed by atoms with E-state index >= 15 is 0 Å². The highest BCUT2D eigenvalue weighted by Crippen LogP contribution is 2.24. The largest absolute Gasteiger partial charge is 0.490 e. The van der Waals surface area contributed by atoms with Crippen LogP contribution in [0.4, 0.5) is 4.79 Å². The van der Waals surface area contributed by atoms with Gasteiger partial charge >= 0.3 is 0 Å². The van der Waals surface area contributed by atoms with Crippen molar-refractivity contribution in [2.45, 2.75) is 31.1 Å². The van der Waals surface area contributed by atoms with Gasteiger partial charge in [-0.15, -0.1) is 0 Å². The number of carbonyl (C=O) groups is 2. The van der Waals surface area contributed by atoms with E-state index in [-0.39, 0.29) is 23.0 Å². The van der Waals surface area contributed by atoms with Gasteiger partial charge in [-0.3, -0.25) is 19.9 Å². The van der Waals surface area contributed by atoms with E-state index in [1.165, 1.54) is 0 Å². The van der Waals surface area contributed by atoms with Crippen LogP contribution >= 0.6 is 11.8 Å². The van der Waals surface area contributed by atoms with Crippen LogP contribution in [0.2, 0.25) is 0 Å². The number of ether oxygens (including phenoxy) is 1. The third-order valence-electron chi connectivity index (χ3n) is 4.12. The summed E-state index contributed by atoms with van der Waals surface area (Å²) >= 11 is 1.02. The van der Waals surface area contributed by atoms with E-state index < -0.39 is 6.10 Å². The second kappa shape index (κ2) is 8.33. The number of hydrogen-bond acceptors (Lipinski definition) is 6. The third kappa shape index (κ3) is 4.62. The average molecular weight is 372 g/mol. The highest BCUT2D eigenvalue weighted by Gasteiger charge is 2.31. The molecule has 2 atom stereocenters. The van der Waals surface area contributed by atoms with E-state index in [1.54, 1.807) is 18.3 Å². The van der Waals surface area contributed by atoms with Crippen LogP contribution in [0.5, 0.6) is 5.75 Å². The van der Waals surface area contributed by atoms with Crippen molar-refractivity contribution >= 4 is 22.9 Å². The van der Waals surface area contributed by atoms with Crippen molar-refractivity contribution in [2.75, 3.05) is 6.61 Å².